The molecule has 0 atom stereocenters. The molecule has 0 spiro atoms. The summed E-state index contributed by atoms with van der Waals surface area (Å²) in [6, 6.07) is 81.0. The van der Waals surface area contributed by atoms with Gasteiger partial charge in [0.05, 0.1) is 11.0 Å². The van der Waals surface area contributed by atoms with Crippen molar-refractivity contribution in [2.75, 3.05) is 4.90 Å². The Kier molecular flexibility index (Phi) is 7.68. The standard InChI is InChI=1S/C61H42N2/c1-61(2)56-24-10-8-20-48(56)49-35-34-45(36-57(49)61)62(42-28-26-40(27-29-42)39-14-4-3-5-15-39)43-30-32-44(33-31-43)63-58-25-11-9-21-50(58)55-37-53-52-23-13-17-41-16-12-22-51(60(41)52)46-18-6-7-19-47(46)54(53)38-59(55)63/h3-38H,1-2H3. The molecule has 0 fully saturated rings. The summed E-state index contributed by atoms with van der Waals surface area (Å²) in [6.45, 7) is 4.72. The van der Waals surface area contributed by atoms with E-state index in [1.165, 1.54) is 99.3 Å². The first-order chi connectivity index (χ1) is 31.0. The molecule has 2 nitrogen and oxygen atoms in total. The zero-order valence-electron chi connectivity index (χ0n) is 35.2. The molecule has 13 rings (SSSR count). The van der Waals surface area contributed by atoms with Crippen LogP contribution < -0.4 is 4.90 Å². The van der Waals surface area contributed by atoms with E-state index < -0.39 is 0 Å². The molecule has 2 aliphatic carbocycles. The number of hydrogen-bond donors (Lipinski definition) is 0. The van der Waals surface area contributed by atoms with Gasteiger partial charge in [-0.1, -0.05) is 166 Å². The number of para-hydroxylation sites is 1. The van der Waals surface area contributed by atoms with Crippen molar-refractivity contribution < 1.29 is 0 Å². The highest BCUT2D eigenvalue weighted by Gasteiger charge is 2.36. The Hall–Kier alpha value is -7.94. The third-order valence-corrected chi connectivity index (χ3v) is 13.9. The Bertz CT molecular complexity index is 3620. The Morgan fingerprint density at radius 2 is 0.905 bits per heavy atom. The number of aromatic nitrogens is 1. The molecule has 0 unspecified atom stereocenters. The van der Waals surface area contributed by atoms with Crippen molar-refractivity contribution in [3.63, 3.8) is 0 Å². The fraction of sp³-hybridized carbons (Fsp3) is 0.0492. The number of benzene rings is 10. The molecule has 11 aromatic rings. The molecule has 0 saturated heterocycles. The second kappa shape index (κ2) is 13.5. The summed E-state index contributed by atoms with van der Waals surface area (Å²) in [5, 5.41) is 5.09. The molecule has 2 heteroatoms. The third-order valence-electron chi connectivity index (χ3n) is 13.9. The van der Waals surface area contributed by atoms with Crippen molar-refractivity contribution in [3.05, 3.63) is 230 Å². The molecular weight excluding hydrogens is 761 g/mol. The molecule has 1 aromatic heterocycles. The first kappa shape index (κ1) is 35.8. The second-order valence-corrected chi connectivity index (χ2v) is 17.7. The van der Waals surface area contributed by atoms with Gasteiger partial charge in [-0.3, -0.25) is 0 Å². The lowest BCUT2D eigenvalue weighted by Crippen LogP contribution is -2.16. The summed E-state index contributed by atoms with van der Waals surface area (Å²) < 4.78 is 2.46. The van der Waals surface area contributed by atoms with Crippen LogP contribution in [0.5, 0.6) is 0 Å². The van der Waals surface area contributed by atoms with Crippen LogP contribution in [-0.2, 0) is 5.41 Å². The van der Waals surface area contributed by atoms with Crippen molar-refractivity contribution in [2.45, 2.75) is 19.3 Å². The maximum absolute atomic E-state index is 2.46. The summed E-state index contributed by atoms with van der Waals surface area (Å²) in [5.41, 5.74) is 22.2. The minimum absolute atomic E-state index is 0.112. The summed E-state index contributed by atoms with van der Waals surface area (Å²) in [6.07, 6.45) is 0. The van der Waals surface area contributed by atoms with E-state index in [1.54, 1.807) is 0 Å². The summed E-state index contributed by atoms with van der Waals surface area (Å²) in [4.78, 5) is 2.42. The van der Waals surface area contributed by atoms with Gasteiger partial charge in [-0.2, -0.15) is 0 Å². The summed E-state index contributed by atoms with van der Waals surface area (Å²) in [7, 11) is 0. The van der Waals surface area contributed by atoms with Crippen LogP contribution in [0, 0.1) is 0 Å². The Balaban J connectivity index is 0.983. The predicted octanol–water partition coefficient (Wildman–Crippen LogP) is 16.7. The highest BCUT2D eigenvalue weighted by atomic mass is 15.1. The van der Waals surface area contributed by atoms with Gasteiger partial charge in [0.1, 0.15) is 0 Å². The van der Waals surface area contributed by atoms with Crippen LogP contribution >= 0.6 is 0 Å². The van der Waals surface area contributed by atoms with Crippen molar-refractivity contribution >= 4 is 49.6 Å². The van der Waals surface area contributed by atoms with E-state index >= 15 is 0 Å². The van der Waals surface area contributed by atoms with Gasteiger partial charge in [0.25, 0.3) is 0 Å². The normalized spacial score (nSPS) is 13.0. The van der Waals surface area contributed by atoms with Crippen molar-refractivity contribution in [1.82, 2.24) is 4.57 Å². The average Bonchev–Trinajstić information content (AvgIpc) is 3.74. The zero-order valence-corrected chi connectivity index (χ0v) is 35.2. The van der Waals surface area contributed by atoms with E-state index in [1.807, 2.05) is 0 Å². The van der Waals surface area contributed by atoms with Crippen molar-refractivity contribution in [3.8, 4) is 61.3 Å². The fourth-order valence-corrected chi connectivity index (χ4v) is 10.9. The monoisotopic (exact) mass is 802 g/mol. The van der Waals surface area contributed by atoms with Gasteiger partial charge in [-0.05, 0) is 144 Å². The van der Waals surface area contributed by atoms with Crippen LogP contribution in [0.3, 0.4) is 0 Å². The van der Waals surface area contributed by atoms with Gasteiger partial charge in [0.2, 0.25) is 0 Å². The number of rotatable bonds is 5. The van der Waals surface area contributed by atoms with Crippen LogP contribution in [-0.4, -0.2) is 4.57 Å². The maximum atomic E-state index is 2.46. The summed E-state index contributed by atoms with van der Waals surface area (Å²) >= 11 is 0. The predicted molar refractivity (Wildman–Crippen MR) is 266 cm³/mol. The van der Waals surface area contributed by atoms with E-state index in [4.69, 9.17) is 0 Å². The molecule has 2 aliphatic rings. The molecular formula is C61H42N2. The van der Waals surface area contributed by atoms with Gasteiger partial charge in [-0.15, -0.1) is 0 Å². The molecule has 1 heterocycles. The van der Waals surface area contributed by atoms with Gasteiger partial charge < -0.3 is 9.47 Å². The number of anilines is 3. The van der Waals surface area contributed by atoms with Crippen LogP contribution in [0.25, 0.3) is 93.9 Å². The number of fused-ring (bicyclic) bond motifs is 11. The fourth-order valence-electron chi connectivity index (χ4n) is 10.9. The first-order valence-electron chi connectivity index (χ1n) is 22.0. The lowest BCUT2D eigenvalue weighted by atomic mass is 9.82. The lowest BCUT2D eigenvalue weighted by Gasteiger charge is -2.28. The quantitative estimate of drug-likeness (QED) is 0.168. The van der Waals surface area contributed by atoms with Gasteiger partial charge in [-0.25, -0.2) is 0 Å². The van der Waals surface area contributed by atoms with E-state index in [2.05, 4.69) is 242 Å². The molecule has 0 amide bonds. The lowest BCUT2D eigenvalue weighted by molar-refractivity contribution is 0.660. The first-order valence-corrected chi connectivity index (χ1v) is 22.0. The molecule has 0 N–H and O–H groups in total. The highest BCUT2D eigenvalue weighted by Crippen LogP contribution is 2.52. The third kappa shape index (κ3) is 5.31. The minimum atomic E-state index is -0.112. The average molecular weight is 803 g/mol. The van der Waals surface area contributed by atoms with Crippen LogP contribution in [0.1, 0.15) is 25.0 Å². The van der Waals surface area contributed by atoms with Crippen LogP contribution in [0.2, 0.25) is 0 Å². The van der Waals surface area contributed by atoms with E-state index in [9.17, 15) is 0 Å². The van der Waals surface area contributed by atoms with E-state index in [0.717, 1.165) is 22.7 Å². The van der Waals surface area contributed by atoms with Crippen molar-refractivity contribution in [1.29, 1.82) is 0 Å². The smallest absolute Gasteiger partial charge is 0.0547 e. The minimum Gasteiger partial charge on any atom is -0.310 e. The molecule has 296 valence electrons. The van der Waals surface area contributed by atoms with Crippen LogP contribution in [0.15, 0.2) is 218 Å². The second-order valence-electron chi connectivity index (χ2n) is 17.7. The van der Waals surface area contributed by atoms with E-state index in [-0.39, 0.29) is 5.41 Å². The SMILES string of the molecule is CC1(C)c2ccccc2-c2ccc(N(c3ccc(-c4ccccc4)cc3)c3ccc(-n4c5ccccc5c5cc6c(cc54)-c4ccccc4-c4cccc5cccc-6c45)cc3)cc21. The number of nitrogens with zero attached hydrogens (tertiary/aromatic N) is 2. The Morgan fingerprint density at radius 3 is 1.67 bits per heavy atom. The topological polar surface area (TPSA) is 8.17 Å². The van der Waals surface area contributed by atoms with Gasteiger partial charge in [0.15, 0.2) is 0 Å². The summed E-state index contributed by atoms with van der Waals surface area (Å²) in [5.74, 6) is 0. The Morgan fingerprint density at radius 1 is 0.349 bits per heavy atom. The van der Waals surface area contributed by atoms with Gasteiger partial charge >= 0.3 is 0 Å². The molecule has 0 aliphatic heterocycles. The Labute approximate surface area is 367 Å². The highest BCUT2D eigenvalue weighted by molar-refractivity contribution is 6.18. The van der Waals surface area contributed by atoms with Crippen molar-refractivity contribution in [2.24, 2.45) is 0 Å². The molecule has 0 saturated carbocycles. The molecule has 10 aromatic carbocycles. The molecule has 63 heavy (non-hydrogen) atoms. The van der Waals surface area contributed by atoms with Crippen LogP contribution in [0.4, 0.5) is 17.1 Å². The zero-order chi connectivity index (χ0) is 41.8. The maximum Gasteiger partial charge on any atom is 0.0547 e. The number of hydrogen-bond acceptors (Lipinski definition) is 1. The molecule has 0 bridgehead atoms. The van der Waals surface area contributed by atoms with Gasteiger partial charge in [0, 0.05) is 38.9 Å². The van der Waals surface area contributed by atoms with E-state index in [0.29, 0.717) is 0 Å². The molecule has 0 radical (unpaired) electrons. The largest absolute Gasteiger partial charge is 0.310 e.